The Hall–Kier alpha value is -3.02. The van der Waals surface area contributed by atoms with E-state index in [0.29, 0.717) is 26.2 Å². The van der Waals surface area contributed by atoms with Crippen LogP contribution in [0, 0.1) is 13.8 Å². The lowest BCUT2D eigenvalue weighted by Gasteiger charge is -2.14. The molecule has 0 atom stereocenters. The zero-order valence-electron chi connectivity index (χ0n) is 17.3. The van der Waals surface area contributed by atoms with Crippen LogP contribution in [0.4, 0.5) is 0 Å². The highest BCUT2D eigenvalue weighted by molar-refractivity contribution is 5.98. The first-order chi connectivity index (χ1) is 14.5. The summed E-state index contributed by atoms with van der Waals surface area (Å²) in [6, 6.07) is 15.7. The maximum absolute atomic E-state index is 12.0. The number of rotatable bonds is 2. The smallest absolute Gasteiger partial charge is 0.251 e. The normalized spacial score (nSPS) is 15.7. The Bertz CT molecular complexity index is 1170. The van der Waals surface area contributed by atoms with Crippen molar-refractivity contribution in [3.8, 4) is 0 Å². The van der Waals surface area contributed by atoms with Gasteiger partial charge in [-0.15, -0.1) is 0 Å². The van der Waals surface area contributed by atoms with Gasteiger partial charge in [0, 0.05) is 12.5 Å². The van der Waals surface area contributed by atoms with Crippen LogP contribution in [-0.2, 0) is 27.2 Å². The highest BCUT2D eigenvalue weighted by Gasteiger charge is 2.18. The number of hydrogen-bond donors (Lipinski definition) is 0. The Morgan fingerprint density at radius 1 is 0.900 bits per heavy atom. The molecule has 1 saturated heterocycles. The fourth-order valence-corrected chi connectivity index (χ4v) is 3.73. The molecule has 154 valence electrons. The zero-order chi connectivity index (χ0) is 21.1. The third kappa shape index (κ3) is 4.58. The van der Waals surface area contributed by atoms with E-state index in [0.717, 1.165) is 16.5 Å². The molecule has 0 radical (unpaired) electrons. The van der Waals surface area contributed by atoms with E-state index in [1.165, 1.54) is 16.7 Å². The van der Waals surface area contributed by atoms with Crippen molar-refractivity contribution in [3.63, 3.8) is 0 Å². The van der Waals surface area contributed by atoms with Gasteiger partial charge in [0.1, 0.15) is 0 Å². The molecule has 1 aromatic heterocycles. The predicted octanol–water partition coefficient (Wildman–Crippen LogP) is 3.82. The van der Waals surface area contributed by atoms with Crippen LogP contribution in [0.2, 0.25) is 0 Å². The molecule has 0 spiro atoms. The van der Waals surface area contributed by atoms with Gasteiger partial charge >= 0.3 is 0 Å². The molecule has 1 fully saturated rings. The van der Waals surface area contributed by atoms with Crippen molar-refractivity contribution in [3.05, 3.63) is 87.2 Å². The minimum absolute atomic E-state index is 0.0227. The van der Waals surface area contributed by atoms with E-state index in [1.807, 2.05) is 43.3 Å². The lowest BCUT2D eigenvalue weighted by atomic mass is 9.95. The van der Waals surface area contributed by atoms with Crippen LogP contribution in [0.1, 0.15) is 22.3 Å². The van der Waals surface area contributed by atoms with Crippen molar-refractivity contribution in [2.24, 2.45) is 0 Å². The molecule has 5 heteroatoms. The second-order valence-corrected chi connectivity index (χ2v) is 7.69. The summed E-state index contributed by atoms with van der Waals surface area (Å²) in [6.45, 7) is 5.74. The zero-order valence-corrected chi connectivity index (χ0v) is 17.3. The monoisotopic (exact) mass is 403 g/mol. The van der Waals surface area contributed by atoms with Gasteiger partial charge in [0.15, 0.2) is 12.1 Å². The molecule has 3 aromatic rings. The van der Waals surface area contributed by atoms with Crippen molar-refractivity contribution in [1.29, 1.82) is 0 Å². The number of aryl methyl sites for hydroxylation is 2. The van der Waals surface area contributed by atoms with E-state index in [9.17, 15) is 9.59 Å². The number of fused-ring (bicyclic) bond motifs is 2. The largest absolute Gasteiger partial charge is 0.348 e. The third-order valence-electron chi connectivity index (χ3n) is 5.28. The van der Waals surface area contributed by atoms with Crippen molar-refractivity contribution in [2.45, 2.75) is 33.1 Å². The minimum Gasteiger partial charge on any atom is -0.348 e. The number of benzene rings is 2. The number of ketones is 1. The van der Waals surface area contributed by atoms with Crippen molar-refractivity contribution >= 4 is 22.8 Å². The SMILES string of the molecule is Cc1ccc2c(c1)C=CC(=O)C2.Cc1ccc2c(ccc(=O)n2CC2OCCO2)c1. The molecule has 5 rings (SSSR count). The van der Waals surface area contributed by atoms with Crippen LogP contribution < -0.4 is 5.56 Å². The van der Waals surface area contributed by atoms with Gasteiger partial charge in [-0.25, -0.2) is 0 Å². The van der Waals surface area contributed by atoms with Crippen LogP contribution in [0.3, 0.4) is 0 Å². The molecule has 0 N–H and O–H groups in total. The summed E-state index contributed by atoms with van der Waals surface area (Å²) in [4.78, 5) is 23.0. The number of hydrogen-bond acceptors (Lipinski definition) is 4. The van der Waals surface area contributed by atoms with Crippen LogP contribution in [-0.4, -0.2) is 29.9 Å². The number of carbonyl (C=O) groups is 1. The molecule has 0 saturated carbocycles. The average molecular weight is 403 g/mol. The summed E-state index contributed by atoms with van der Waals surface area (Å²) in [5.74, 6) is 0.200. The summed E-state index contributed by atoms with van der Waals surface area (Å²) in [6.07, 6.45) is 3.80. The fourth-order valence-electron chi connectivity index (χ4n) is 3.73. The van der Waals surface area contributed by atoms with Crippen LogP contribution in [0.15, 0.2) is 59.4 Å². The Kier molecular flexibility index (Phi) is 5.93. The van der Waals surface area contributed by atoms with E-state index in [1.54, 1.807) is 16.7 Å². The topological polar surface area (TPSA) is 57.5 Å². The molecular weight excluding hydrogens is 378 g/mol. The van der Waals surface area contributed by atoms with Gasteiger partial charge in [-0.3, -0.25) is 9.59 Å². The van der Waals surface area contributed by atoms with Gasteiger partial charge in [-0.2, -0.15) is 0 Å². The number of carbonyl (C=O) groups excluding carboxylic acids is 1. The van der Waals surface area contributed by atoms with Gasteiger partial charge in [0.25, 0.3) is 5.56 Å². The van der Waals surface area contributed by atoms with Gasteiger partial charge in [0.05, 0.1) is 25.3 Å². The van der Waals surface area contributed by atoms with Gasteiger partial charge < -0.3 is 14.0 Å². The van der Waals surface area contributed by atoms with Gasteiger partial charge in [-0.05, 0) is 54.6 Å². The molecule has 0 bridgehead atoms. The van der Waals surface area contributed by atoms with Gasteiger partial charge in [0.2, 0.25) is 0 Å². The molecule has 0 amide bonds. The highest BCUT2D eigenvalue weighted by atomic mass is 16.7. The minimum atomic E-state index is -0.311. The molecule has 1 aliphatic carbocycles. The van der Waals surface area contributed by atoms with E-state index in [4.69, 9.17) is 9.47 Å². The molecule has 1 aliphatic heterocycles. The van der Waals surface area contributed by atoms with Crippen LogP contribution in [0.25, 0.3) is 17.0 Å². The molecule has 5 nitrogen and oxygen atoms in total. The number of ether oxygens (including phenoxy) is 2. The van der Waals surface area contributed by atoms with E-state index >= 15 is 0 Å². The summed E-state index contributed by atoms with van der Waals surface area (Å²) in [7, 11) is 0. The second kappa shape index (κ2) is 8.78. The molecule has 2 aliphatic rings. The maximum atomic E-state index is 12.0. The highest BCUT2D eigenvalue weighted by Crippen LogP contribution is 2.18. The molecule has 2 aromatic carbocycles. The fraction of sp³-hybridized carbons (Fsp3) is 0.280. The third-order valence-corrected chi connectivity index (χ3v) is 5.28. The first-order valence-corrected chi connectivity index (χ1v) is 10.1. The molecule has 30 heavy (non-hydrogen) atoms. The van der Waals surface area contributed by atoms with E-state index in [-0.39, 0.29) is 17.6 Å². The van der Waals surface area contributed by atoms with Gasteiger partial charge in [-0.1, -0.05) is 41.5 Å². The lowest BCUT2D eigenvalue weighted by Crippen LogP contribution is -2.26. The first-order valence-electron chi connectivity index (χ1n) is 10.1. The van der Waals surface area contributed by atoms with Crippen molar-refractivity contribution in [2.75, 3.05) is 13.2 Å². The number of pyridine rings is 1. The molecular formula is C25H25NO4. The summed E-state index contributed by atoms with van der Waals surface area (Å²) < 4.78 is 12.5. The number of nitrogens with zero attached hydrogens (tertiary/aromatic N) is 1. The van der Waals surface area contributed by atoms with Crippen molar-refractivity contribution < 1.29 is 14.3 Å². The second-order valence-electron chi connectivity index (χ2n) is 7.69. The number of allylic oxidation sites excluding steroid dienone is 1. The Balaban J connectivity index is 0.000000158. The first kappa shape index (κ1) is 20.3. The van der Waals surface area contributed by atoms with Crippen molar-refractivity contribution in [1.82, 2.24) is 4.57 Å². The van der Waals surface area contributed by atoms with E-state index in [2.05, 4.69) is 19.1 Å². The molecule has 0 unspecified atom stereocenters. The Morgan fingerprint density at radius 3 is 2.43 bits per heavy atom. The Labute approximate surface area is 175 Å². The summed E-state index contributed by atoms with van der Waals surface area (Å²) in [5.41, 5.74) is 5.66. The number of aromatic nitrogens is 1. The summed E-state index contributed by atoms with van der Waals surface area (Å²) >= 11 is 0. The van der Waals surface area contributed by atoms with Crippen LogP contribution >= 0.6 is 0 Å². The standard InChI is InChI=1S/C14H15NO3.C11H10O/c1-10-2-4-12-11(8-10)3-5-13(16)15(12)9-14-17-6-7-18-14;1-8-2-3-10-7-11(12)5-4-9(10)6-8/h2-5,8,14H,6-7,9H2,1H3;2-6H,7H2,1H3. The average Bonchev–Trinajstić information content (AvgIpc) is 3.24. The molecule has 2 heterocycles. The maximum Gasteiger partial charge on any atom is 0.251 e. The van der Waals surface area contributed by atoms with E-state index < -0.39 is 0 Å². The predicted molar refractivity (Wildman–Crippen MR) is 118 cm³/mol. The quantitative estimate of drug-likeness (QED) is 0.653. The summed E-state index contributed by atoms with van der Waals surface area (Å²) in [5, 5.41) is 1.06. The Morgan fingerprint density at radius 2 is 1.63 bits per heavy atom. The van der Waals surface area contributed by atoms with Crippen LogP contribution in [0.5, 0.6) is 0 Å². The lowest BCUT2D eigenvalue weighted by molar-refractivity contribution is -0.114.